The minimum absolute atomic E-state index is 0.113. The number of aromatic carboxylic acids is 1. The fourth-order valence-electron chi connectivity index (χ4n) is 3.15. The van der Waals surface area contributed by atoms with Gasteiger partial charge in [-0.2, -0.15) is 0 Å². The maximum Gasteiger partial charge on any atom is 0.343 e. The average molecular weight is 374 g/mol. The van der Waals surface area contributed by atoms with Crippen molar-refractivity contribution in [3.05, 3.63) is 29.8 Å². The Morgan fingerprint density at radius 2 is 1.89 bits per heavy atom. The van der Waals surface area contributed by atoms with Crippen molar-refractivity contribution < 1.29 is 19.2 Å². The van der Waals surface area contributed by atoms with Crippen molar-refractivity contribution >= 4 is 11.8 Å². The maximum absolute atomic E-state index is 11.9. The first-order valence-electron chi connectivity index (χ1n) is 8.99. The molecule has 0 radical (unpaired) electrons. The van der Waals surface area contributed by atoms with E-state index in [1.807, 2.05) is 4.90 Å². The number of likely N-dealkylation sites (N-methyl/N-ethyl adjacent to an activating group) is 1. The molecule has 2 aromatic rings. The van der Waals surface area contributed by atoms with Gasteiger partial charge < -0.3 is 24.2 Å². The van der Waals surface area contributed by atoms with Gasteiger partial charge in [0.2, 0.25) is 0 Å². The lowest BCUT2D eigenvalue weighted by molar-refractivity contribution is 0.0697. The molecule has 1 aromatic carbocycles. The van der Waals surface area contributed by atoms with E-state index in [4.69, 9.17) is 9.26 Å². The molecule has 8 heteroatoms. The number of hydrogen-bond acceptors (Lipinski definition) is 7. The first-order chi connectivity index (χ1) is 13.0. The second-order valence-electron chi connectivity index (χ2n) is 6.88. The van der Waals surface area contributed by atoms with Crippen LogP contribution in [0.15, 0.2) is 28.8 Å². The van der Waals surface area contributed by atoms with Gasteiger partial charge >= 0.3 is 5.97 Å². The molecule has 3 rings (SSSR count). The van der Waals surface area contributed by atoms with E-state index in [1.54, 1.807) is 31.4 Å². The number of piperazine rings is 1. The van der Waals surface area contributed by atoms with E-state index in [-0.39, 0.29) is 11.3 Å². The highest BCUT2D eigenvalue weighted by Crippen LogP contribution is 2.32. The topological polar surface area (TPSA) is 82.3 Å². The summed E-state index contributed by atoms with van der Waals surface area (Å²) in [5.74, 6) is 0.340. The largest absolute Gasteiger partial charge is 0.497 e. The third-order valence-corrected chi connectivity index (χ3v) is 4.78. The molecule has 1 aliphatic heterocycles. The van der Waals surface area contributed by atoms with Gasteiger partial charge in [0, 0.05) is 44.8 Å². The first-order valence-corrected chi connectivity index (χ1v) is 8.99. The van der Waals surface area contributed by atoms with Crippen molar-refractivity contribution in [2.45, 2.75) is 0 Å². The first kappa shape index (κ1) is 19.2. The van der Waals surface area contributed by atoms with Crippen LogP contribution in [0.1, 0.15) is 10.4 Å². The van der Waals surface area contributed by atoms with Gasteiger partial charge in [0.15, 0.2) is 17.1 Å². The molecule has 0 bridgehead atoms. The summed E-state index contributed by atoms with van der Waals surface area (Å²) in [6.45, 7) is 5.20. The van der Waals surface area contributed by atoms with Crippen LogP contribution < -0.4 is 9.64 Å². The van der Waals surface area contributed by atoms with Gasteiger partial charge in [-0.25, -0.2) is 4.79 Å². The van der Waals surface area contributed by atoms with Crippen LogP contribution >= 0.6 is 0 Å². The highest BCUT2D eigenvalue weighted by molar-refractivity contribution is 5.99. The fourth-order valence-corrected chi connectivity index (χ4v) is 3.15. The lowest BCUT2D eigenvalue weighted by Crippen LogP contribution is -2.48. The molecular formula is C19H26N4O4. The molecule has 0 amide bonds. The normalized spacial score (nSPS) is 15.3. The molecule has 0 aliphatic carbocycles. The molecule has 0 unspecified atom stereocenters. The van der Waals surface area contributed by atoms with Gasteiger partial charge in [-0.15, -0.1) is 0 Å². The minimum atomic E-state index is -1.04. The van der Waals surface area contributed by atoms with Gasteiger partial charge in [-0.3, -0.25) is 4.90 Å². The number of benzene rings is 1. The fraction of sp³-hybridized carbons (Fsp3) is 0.474. The van der Waals surface area contributed by atoms with Crippen LogP contribution in [0.2, 0.25) is 0 Å². The van der Waals surface area contributed by atoms with Gasteiger partial charge in [0.05, 0.1) is 7.11 Å². The van der Waals surface area contributed by atoms with Crippen molar-refractivity contribution in [2.24, 2.45) is 0 Å². The van der Waals surface area contributed by atoms with Gasteiger partial charge in [0.1, 0.15) is 5.75 Å². The average Bonchev–Trinajstić information content (AvgIpc) is 3.12. The molecule has 2 heterocycles. The second-order valence-corrected chi connectivity index (χ2v) is 6.88. The number of methoxy groups -OCH3 is 1. The molecule has 0 saturated carbocycles. The Balaban J connectivity index is 1.77. The van der Waals surface area contributed by atoms with Crippen LogP contribution in [0.5, 0.6) is 5.75 Å². The van der Waals surface area contributed by atoms with Crippen molar-refractivity contribution in [3.63, 3.8) is 0 Å². The molecule has 27 heavy (non-hydrogen) atoms. The predicted octanol–water partition coefficient (Wildman–Crippen LogP) is 1.73. The summed E-state index contributed by atoms with van der Waals surface area (Å²) in [5, 5.41) is 13.8. The standard InChI is InChI=1S/C19H26N4O4/c1-21(2)8-9-22-10-12-23(13-11-22)18-16(19(24)25)17(27-20-18)14-4-6-15(26-3)7-5-14/h4-7H,8-13H2,1-3H3,(H,24,25). The SMILES string of the molecule is COc1ccc(-c2onc(N3CCN(CCN(C)C)CC3)c2C(=O)O)cc1. The summed E-state index contributed by atoms with van der Waals surface area (Å²) in [7, 11) is 5.71. The monoisotopic (exact) mass is 374 g/mol. The zero-order valence-corrected chi connectivity index (χ0v) is 16.0. The number of carboxylic acid groups (broad SMARTS) is 1. The lowest BCUT2D eigenvalue weighted by Gasteiger charge is -2.35. The van der Waals surface area contributed by atoms with E-state index in [0.717, 1.165) is 39.3 Å². The Morgan fingerprint density at radius 3 is 2.44 bits per heavy atom. The number of anilines is 1. The van der Waals surface area contributed by atoms with E-state index in [2.05, 4.69) is 29.1 Å². The van der Waals surface area contributed by atoms with E-state index in [1.165, 1.54) is 0 Å². The van der Waals surface area contributed by atoms with E-state index in [9.17, 15) is 9.90 Å². The summed E-state index contributed by atoms with van der Waals surface area (Å²) in [6.07, 6.45) is 0. The van der Waals surface area contributed by atoms with Crippen molar-refractivity contribution in [3.8, 4) is 17.1 Å². The Kier molecular flexibility index (Phi) is 5.98. The summed E-state index contributed by atoms with van der Waals surface area (Å²) >= 11 is 0. The van der Waals surface area contributed by atoms with Crippen LogP contribution in [0.25, 0.3) is 11.3 Å². The Morgan fingerprint density at radius 1 is 1.22 bits per heavy atom. The third-order valence-electron chi connectivity index (χ3n) is 4.78. The van der Waals surface area contributed by atoms with Crippen molar-refractivity contribution in [1.82, 2.24) is 15.0 Å². The number of carboxylic acids is 1. The van der Waals surface area contributed by atoms with E-state index < -0.39 is 5.97 Å². The number of ether oxygens (including phenoxy) is 1. The Bertz CT molecular complexity index is 765. The molecule has 0 atom stereocenters. The number of carbonyl (C=O) groups is 1. The summed E-state index contributed by atoms with van der Waals surface area (Å²) in [4.78, 5) is 18.4. The second kappa shape index (κ2) is 8.41. The molecule has 1 fully saturated rings. The molecule has 1 N–H and O–H groups in total. The summed E-state index contributed by atoms with van der Waals surface area (Å²) < 4.78 is 10.6. The van der Waals surface area contributed by atoms with Crippen LogP contribution in [0.4, 0.5) is 5.82 Å². The molecule has 1 aromatic heterocycles. The molecule has 146 valence electrons. The van der Waals surface area contributed by atoms with Crippen LogP contribution in [-0.4, -0.2) is 86.5 Å². The van der Waals surface area contributed by atoms with Crippen molar-refractivity contribution in [1.29, 1.82) is 0 Å². The highest BCUT2D eigenvalue weighted by Gasteiger charge is 2.29. The zero-order chi connectivity index (χ0) is 19.4. The maximum atomic E-state index is 11.9. The van der Waals surface area contributed by atoms with Crippen LogP contribution in [-0.2, 0) is 0 Å². The highest BCUT2D eigenvalue weighted by atomic mass is 16.5. The minimum Gasteiger partial charge on any atom is -0.497 e. The van der Waals surface area contributed by atoms with E-state index in [0.29, 0.717) is 17.1 Å². The third kappa shape index (κ3) is 4.40. The quantitative estimate of drug-likeness (QED) is 0.785. The van der Waals surface area contributed by atoms with E-state index >= 15 is 0 Å². The molecule has 1 aliphatic rings. The lowest BCUT2D eigenvalue weighted by atomic mass is 10.1. The zero-order valence-electron chi connectivity index (χ0n) is 16.0. The van der Waals surface area contributed by atoms with Crippen LogP contribution in [0.3, 0.4) is 0 Å². The predicted molar refractivity (Wildman–Crippen MR) is 103 cm³/mol. The summed E-state index contributed by atoms with van der Waals surface area (Å²) in [5.41, 5.74) is 0.776. The van der Waals surface area contributed by atoms with Gasteiger partial charge in [-0.1, -0.05) is 5.16 Å². The van der Waals surface area contributed by atoms with Crippen molar-refractivity contribution in [2.75, 3.05) is 65.4 Å². The molecule has 1 saturated heterocycles. The molecule has 0 spiro atoms. The summed E-state index contributed by atoms with van der Waals surface area (Å²) in [6, 6.07) is 7.09. The Hall–Kier alpha value is -2.58. The number of hydrogen-bond donors (Lipinski definition) is 1. The number of rotatable bonds is 7. The number of aromatic nitrogens is 1. The number of nitrogens with zero attached hydrogens (tertiary/aromatic N) is 4. The van der Waals surface area contributed by atoms with Gasteiger partial charge in [-0.05, 0) is 38.4 Å². The van der Waals surface area contributed by atoms with Crippen LogP contribution in [0, 0.1) is 0 Å². The molecular weight excluding hydrogens is 348 g/mol. The smallest absolute Gasteiger partial charge is 0.343 e. The molecule has 8 nitrogen and oxygen atoms in total. The van der Waals surface area contributed by atoms with Gasteiger partial charge in [0.25, 0.3) is 0 Å². The Labute approximate surface area is 158 Å².